The molecule has 0 saturated carbocycles. The summed E-state index contributed by atoms with van der Waals surface area (Å²) in [4.78, 5) is 13.4. The molecule has 2 aromatic rings. The smallest absolute Gasteiger partial charge is 0.277 e. The average Bonchev–Trinajstić information content (AvgIpc) is 2.82. The van der Waals surface area contributed by atoms with Crippen molar-refractivity contribution in [3.05, 3.63) is 42.2 Å². The second-order valence-corrected chi connectivity index (χ2v) is 4.03. The molecule has 0 N–H and O–H groups in total. The first-order valence-corrected chi connectivity index (χ1v) is 5.54. The lowest BCUT2D eigenvalue weighted by molar-refractivity contribution is 0.0818. The van der Waals surface area contributed by atoms with Gasteiger partial charge in [-0.3, -0.25) is 4.79 Å². The predicted octanol–water partition coefficient (Wildman–Crippen LogP) is 1.58. The lowest BCUT2D eigenvalue weighted by Gasteiger charge is -2.08. The SMILES string of the molecule is COc1cn(-c2ccccc2)nc1C(=O)N(C)C. The molecule has 0 atom stereocenters. The van der Waals surface area contributed by atoms with Gasteiger partial charge in [0.05, 0.1) is 19.0 Å². The summed E-state index contributed by atoms with van der Waals surface area (Å²) in [5, 5.41) is 4.27. The predicted molar refractivity (Wildman–Crippen MR) is 68.1 cm³/mol. The minimum Gasteiger partial charge on any atom is -0.493 e. The molecule has 0 unspecified atom stereocenters. The van der Waals surface area contributed by atoms with Gasteiger partial charge < -0.3 is 9.64 Å². The van der Waals surface area contributed by atoms with Gasteiger partial charge in [0.2, 0.25) is 0 Å². The van der Waals surface area contributed by atoms with E-state index in [0.717, 1.165) is 5.69 Å². The highest BCUT2D eigenvalue weighted by Gasteiger charge is 2.19. The summed E-state index contributed by atoms with van der Waals surface area (Å²) >= 11 is 0. The Morgan fingerprint density at radius 1 is 1.28 bits per heavy atom. The van der Waals surface area contributed by atoms with Gasteiger partial charge in [0.1, 0.15) is 0 Å². The minimum absolute atomic E-state index is 0.179. The molecule has 5 heteroatoms. The number of carbonyl (C=O) groups is 1. The number of para-hydroxylation sites is 1. The average molecular weight is 245 g/mol. The van der Waals surface area contributed by atoms with Crippen LogP contribution >= 0.6 is 0 Å². The molecule has 0 radical (unpaired) electrons. The highest BCUT2D eigenvalue weighted by atomic mass is 16.5. The van der Waals surface area contributed by atoms with Crippen molar-refractivity contribution in [1.82, 2.24) is 14.7 Å². The first kappa shape index (κ1) is 12.2. The van der Waals surface area contributed by atoms with Gasteiger partial charge in [-0.1, -0.05) is 18.2 Å². The largest absolute Gasteiger partial charge is 0.493 e. The summed E-state index contributed by atoms with van der Waals surface area (Å²) in [5.41, 5.74) is 1.19. The van der Waals surface area contributed by atoms with Crippen molar-refractivity contribution in [3.63, 3.8) is 0 Å². The molecule has 0 saturated heterocycles. The fraction of sp³-hybridized carbons (Fsp3) is 0.231. The van der Waals surface area contributed by atoms with Crippen molar-refractivity contribution in [3.8, 4) is 11.4 Å². The number of benzene rings is 1. The van der Waals surface area contributed by atoms with Crippen LogP contribution < -0.4 is 4.74 Å². The van der Waals surface area contributed by atoms with Crippen LogP contribution in [0.25, 0.3) is 5.69 Å². The van der Waals surface area contributed by atoms with Gasteiger partial charge in [-0.25, -0.2) is 4.68 Å². The van der Waals surface area contributed by atoms with E-state index in [2.05, 4.69) is 5.10 Å². The highest BCUT2D eigenvalue weighted by Crippen LogP contribution is 2.20. The maximum atomic E-state index is 11.9. The van der Waals surface area contributed by atoms with Gasteiger partial charge in [0, 0.05) is 14.1 Å². The van der Waals surface area contributed by atoms with Crippen molar-refractivity contribution in [1.29, 1.82) is 0 Å². The summed E-state index contributed by atoms with van der Waals surface area (Å²) in [6.45, 7) is 0. The van der Waals surface area contributed by atoms with E-state index in [0.29, 0.717) is 11.4 Å². The lowest BCUT2D eigenvalue weighted by Crippen LogP contribution is -2.22. The Bertz CT molecular complexity index is 547. The molecule has 1 aromatic carbocycles. The second kappa shape index (κ2) is 4.91. The second-order valence-electron chi connectivity index (χ2n) is 4.03. The molecule has 1 aromatic heterocycles. The molecule has 5 nitrogen and oxygen atoms in total. The van der Waals surface area contributed by atoms with Gasteiger partial charge in [0.25, 0.3) is 5.91 Å². The van der Waals surface area contributed by atoms with Crippen molar-refractivity contribution in [2.45, 2.75) is 0 Å². The van der Waals surface area contributed by atoms with E-state index in [4.69, 9.17) is 4.74 Å². The number of rotatable bonds is 3. The van der Waals surface area contributed by atoms with E-state index < -0.39 is 0 Å². The summed E-state index contributed by atoms with van der Waals surface area (Å²) in [6.07, 6.45) is 1.70. The molecule has 0 aliphatic carbocycles. The topological polar surface area (TPSA) is 47.4 Å². The number of amides is 1. The Kier molecular flexibility index (Phi) is 3.32. The summed E-state index contributed by atoms with van der Waals surface area (Å²) < 4.78 is 6.82. The van der Waals surface area contributed by atoms with Crippen LogP contribution in [0.1, 0.15) is 10.5 Å². The molecule has 2 rings (SSSR count). The fourth-order valence-electron chi connectivity index (χ4n) is 1.58. The van der Waals surface area contributed by atoms with Gasteiger partial charge >= 0.3 is 0 Å². The van der Waals surface area contributed by atoms with Crippen LogP contribution in [0, 0.1) is 0 Å². The monoisotopic (exact) mass is 245 g/mol. The number of methoxy groups -OCH3 is 1. The van der Waals surface area contributed by atoms with Crippen molar-refractivity contribution < 1.29 is 9.53 Å². The first-order chi connectivity index (χ1) is 8.63. The third-order valence-electron chi connectivity index (χ3n) is 2.53. The van der Waals surface area contributed by atoms with Gasteiger partial charge in [0.15, 0.2) is 11.4 Å². The van der Waals surface area contributed by atoms with Crippen LogP contribution in [0.2, 0.25) is 0 Å². The van der Waals surface area contributed by atoms with E-state index in [-0.39, 0.29) is 5.91 Å². The zero-order valence-corrected chi connectivity index (χ0v) is 10.6. The van der Waals surface area contributed by atoms with Crippen LogP contribution in [0.15, 0.2) is 36.5 Å². The summed E-state index contributed by atoms with van der Waals surface area (Å²) in [6, 6.07) is 9.58. The summed E-state index contributed by atoms with van der Waals surface area (Å²) in [7, 11) is 4.89. The molecular formula is C13H15N3O2. The zero-order valence-electron chi connectivity index (χ0n) is 10.6. The van der Waals surface area contributed by atoms with Gasteiger partial charge in [-0.15, -0.1) is 0 Å². The third-order valence-corrected chi connectivity index (χ3v) is 2.53. The quantitative estimate of drug-likeness (QED) is 0.825. The Labute approximate surface area is 106 Å². The molecule has 1 amide bonds. The van der Waals surface area contributed by atoms with Crippen molar-refractivity contribution in [2.75, 3.05) is 21.2 Å². The van der Waals surface area contributed by atoms with Crippen molar-refractivity contribution >= 4 is 5.91 Å². The van der Waals surface area contributed by atoms with Crippen LogP contribution in [-0.2, 0) is 0 Å². The number of hydrogen-bond donors (Lipinski definition) is 0. The van der Waals surface area contributed by atoms with Crippen LogP contribution in [0.4, 0.5) is 0 Å². The Balaban J connectivity index is 2.45. The molecular weight excluding hydrogens is 230 g/mol. The lowest BCUT2D eigenvalue weighted by atomic mass is 10.3. The van der Waals surface area contributed by atoms with E-state index in [1.807, 2.05) is 30.3 Å². The van der Waals surface area contributed by atoms with Gasteiger partial charge in [-0.05, 0) is 12.1 Å². The van der Waals surface area contributed by atoms with Crippen LogP contribution in [-0.4, -0.2) is 41.8 Å². The fourth-order valence-corrected chi connectivity index (χ4v) is 1.58. The Hall–Kier alpha value is -2.30. The van der Waals surface area contributed by atoms with E-state index in [9.17, 15) is 4.79 Å². The van der Waals surface area contributed by atoms with Gasteiger partial charge in [-0.2, -0.15) is 5.10 Å². The molecule has 0 aliphatic rings. The summed E-state index contributed by atoms with van der Waals surface area (Å²) in [5.74, 6) is 0.291. The maximum absolute atomic E-state index is 11.9. The normalized spacial score (nSPS) is 10.2. The molecule has 0 bridgehead atoms. The Morgan fingerprint density at radius 3 is 2.50 bits per heavy atom. The highest BCUT2D eigenvalue weighted by molar-refractivity contribution is 5.94. The third kappa shape index (κ3) is 2.20. The molecule has 1 heterocycles. The number of ether oxygens (including phenoxy) is 1. The van der Waals surface area contributed by atoms with E-state index in [1.54, 1.807) is 25.0 Å². The Morgan fingerprint density at radius 2 is 1.94 bits per heavy atom. The number of aromatic nitrogens is 2. The molecule has 0 fully saturated rings. The standard InChI is InChI=1S/C13H15N3O2/c1-15(2)13(17)12-11(18-3)9-16(14-12)10-7-5-4-6-8-10/h4-9H,1-3H3. The van der Waals surface area contributed by atoms with Crippen LogP contribution in [0.3, 0.4) is 0 Å². The molecule has 0 spiro atoms. The molecule has 0 aliphatic heterocycles. The van der Waals surface area contributed by atoms with E-state index in [1.165, 1.54) is 12.0 Å². The molecule has 94 valence electrons. The van der Waals surface area contributed by atoms with Crippen molar-refractivity contribution in [2.24, 2.45) is 0 Å². The van der Waals surface area contributed by atoms with Crippen LogP contribution in [0.5, 0.6) is 5.75 Å². The number of carbonyl (C=O) groups excluding carboxylic acids is 1. The minimum atomic E-state index is -0.179. The first-order valence-electron chi connectivity index (χ1n) is 5.54. The maximum Gasteiger partial charge on any atom is 0.277 e. The number of nitrogens with zero attached hydrogens (tertiary/aromatic N) is 3. The zero-order chi connectivity index (χ0) is 13.1. The molecule has 18 heavy (non-hydrogen) atoms. The number of hydrogen-bond acceptors (Lipinski definition) is 3. The van der Waals surface area contributed by atoms with E-state index >= 15 is 0 Å².